The maximum absolute atomic E-state index is 14.0. The van der Waals surface area contributed by atoms with Crippen LogP contribution < -0.4 is 10.8 Å². The number of nitrogens with two attached hydrogens (primary N) is 1. The van der Waals surface area contributed by atoms with Crippen LogP contribution in [0.15, 0.2) is 103 Å². The summed E-state index contributed by atoms with van der Waals surface area (Å²) >= 11 is 0. The van der Waals surface area contributed by atoms with Gasteiger partial charge in [0, 0.05) is 34.9 Å². The number of benzene rings is 3. The highest BCUT2D eigenvalue weighted by Crippen LogP contribution is 2.54. The zero-order valence-electron chi connectivity index (χ0n) is 42.2. The zero-order chi connectivity index (χ0) is 50.2. The van der Waals surface area contributed by atoms with Crippen LogP contribution in [0.4, 0.5) is 5.82 Å². The summed E-state index contributed by atoms with van der Waals surface area (Å²) in [4.78, 5) is 21.4. The van der Waals surface area contributed by atoms with Gasteiger partial charge in [0.05, 0.1) is 29.4 Å². The number of allylic oxidation sites excluding steroid dienone is 1. The number of carboxylic acid groups (broad SMARTS) is 1. The molecule has 2 saturated carbocycles. The average Bonchev–Trinajstić information content (AvgIpc) is 3.92. The Kier molecular flexibility index (Phi) is 17.1. The normalized spacial score (nSPS) is 26.9. The Morgan fingerprint density at radius 1 is 0.859 bits per heavy atom. The maximum atomic E-state index is 14.0. The summed E-state index contributed by atoms with van der Waals surface area (Å²) in [7, 11) is 0. The van der Waals surface area contributed by atoms with E-state index in [1.54, 1.807) is 12.3 Å². The molecule has 2 aromatic heterocycles. The van der Waals surface area contributed by atoms with Crippen LogP contribution in [0.2, 0.25) is 0 Å². The van der Waals surface area contributed by atoms with E-state index in [1.807, 2.05) is 42.5 Å². The van der Waals surface area contributed by atoms with E-state index in [9.17, 15) is 35.4 Å². The lowest BCUT2D eigenvalue weighted by atomic mass is 9.69. The highest BCUT2D eigenvalue weighted by molar-refractivity contribution is 5.85. The van der Waals surface area contributed by atoms with Crippen molar-refractivity contribution in [3.05, 3.63) is 131 Å². The van der Waals surface area contributed by atoms with E-state index < -0.39 is 23.6 Å². The summed E-state index contributed by atoms with van der Waals surface area (Å²) in [5, 5.41) is 72.2. The molecule has 2 heterocycles. The van der Waals surface area contributed by atoms with Crippen LogP contribution in [0.1, 0.15) is 157 Å². The first-order chi connectivity index (χ1) is 34.2. The molecule has 10 nitrogen and oxygen atoms in total. The van der Waals surface area contributed by atoms with Gasteiger partial charge in [-0.15, -0.1) is 5.75 Å². The topological polar surface area (TPSA) is 196 Å². The molecule has 10 atom stereocenters. The fourth-order valence-corrected chi connectivity index (χ4v) is 12.9. The monoisotopic (exact) mass is 965 g/mol. The molecule has 71 heavy (non-hydrogen) atoms. The first-order valence-electron chi connectivity index (χ1n) is 26.8. The Hall–Kier alpha value is -5.42. The molecule has 0 amide bonds. The zero-order valence-corrected chi connectivity index (χ0v) is 42.2. The second-order valence-electron chi connectivity index (χ2n) is 22.0. The molecule has 10 unspecified atom stereocenters. The van der Waals surface area contributed by atoms with Gasteiger partial charge in [-0.25, -0.2) is 4.98 Å². The van der Waals surface area contributed by atoms with Crippen LogP contribution >= 0.6 is 0 Å². The quantitative estimate of drug-likeness (QED) is 0.0330. The van der Waals surface area contributed by atoms with E-state index in [0.29, 0.717) is 79.4 Å². The number of aromatic hydroxyl groups is 1. The van der Waals surface area contributed by atoms with Gasteiger partial charge in [0.25, 0.3) is 0 Å². The van der Waals surface area contributed by atoms with Crippen molar-refractivity contribution in [1.29, 1.82) is 0 Å². The Labute approximate surface area is 421 Å². The van der Waals surface area contributed by atoms with Gasteiger partial charge in [0.15, 0.2) is 0 Å². The number of phenols is 1. The van der Waals surface area contributed by atoms with Crippen molar-refractivity contribution in [3.8, 4) is 33.9 Å². The fourth-order valence-electron chi connectivity index (χ4n) is 12.9. The SMILES string of the molecule is CCCCCC1C=CC(CCCCC2CCC(c3cc(-c4ccccc4)c(-c4cc(O)cc([O-])c4Cc4ccc(C(C)C)cc4)[nH]3)C3CC(Cc4ccnc(N)c4)CC3(O)CCC(O)C2C(=O)O)C(O)C1. The molecule has 2 fully saturated rings. The highest BCUT2D eigenvalue weighted by atomic mass is 16.4. The number of hydrogen-bond donors (Lipinski definition) is 7. The number of aliphatic carboxylic acids is 1. The molecular weight excluding hydrogens is 887 g/mol. The molecule has 0 aliphatic heterocycles. The predicted octanol–water partition coefficient (Wildman–Crippen LogP) is 11.8. The molecular formula is C61H78N3O7-. The Balaban J connectivity index is 1.15. The average molecular weight is 965 g/mol. The van der Waals surface area contributed by atoms with Gasteiger partial charge in [0.2, 0.25) is 0 Å². The minimum Gasteiger partial charge on any atom is -0.872 e. The number of carbonyl (C=O) groups is 1. The molecule has 3 aromatic carbocycles. The first-order valence-corrected chi connectivity index (χ1v) is 26.8. The van der Waals surface area contributed by atoms with Gasteiger partial charge in [-0.05, 0) is 165 Å². The second-order valence-corrected chi connectivity index (χ2v) is 22.0. The van der Waals surface area contributed by atoms with Crippen molar-refractivity contribution in [2.24, 2.45) is 35.5 Å². The van der Waals surface area contributed by atoms with E-state index in [4.69, 9.17) is 5.73 Å². The molecule has 0 saturated heterocycles. The van der Waals surface area contributed by atoms with Gasteiger partial charge in [0.1, 0.15) is 11.6 Å². The van der Waals surface area contributed by atoms with Crippen LogP contribution in [0, 0.1) is 35.5 Å². The molecule has 8 N–H and O–H groups in total. The van der Waals surface area contributed by atoms with Crippen LogP contribution in [0.25, 0.3) is 22.4 Å². The summed E-state index contributed by atoms with van der Waals surface area (Å²) in [5.74, 6) is -1.83. The summed E-state index contributed by atoms with van der Waals surface area (Å²) < 4.78 is 0. The van der Waals surface area contributed by atoms with Crippen molar-refractivity contribution in [1.82, 2.24) is 9.97 Å². The number of phenolic OH excluding ortho intramolecular Hbond substituents is 1. The number of aliphatic hydroxyl groups excluding tert-OH is 2. The number of nitrogen functional groups attached to an aromatic ring is 1. The molecule has 0 bridgehead atoms. The number of nitrogens with one attached hydrogen (secondary N) is 1. The molecule has 0 spiro atoms. The van der Waals surface area contributed by atoms with Crippen molar-refractivity contribution in [3.63, 3.8) is 0 Å². The Morgan fingerprint density at radius 3 is 2.34 bits per heavy atom. The van der Waals surface area contributed by atoms with Crippen LogP contribution in [0.3, 0.4) is 0 Å². The fraction of sp³-hybridized carbons (Fsp3) is 0.508. The molecule has 5 aromatic rings. The van der Waals surface area contributed by atoms with E-state index in [-0.39, 0.29) is 60.0 Å². The van der Waals surface area contributed by atoms with Gasteiger partial charge >= 0.3 is 5.97 Å². The number of hydrogen-bond acceptors (Lipinski definition) is 8. The maximum Gasteiger partial charge on any atom is 0.309 e. The number of unbranched alkanes of at least 4 members (excludes halogenated alkanes) is 3. The third kappa shape index (κ3) is 12.6. The smallest absolute Gasteiger partial charge is 0.309 e. The number of pyridine rings is 1. The number of aliphatic hydroxyl groups is 3. The number of aromatic amines is 1. The first kappa shape index (κ1) is 51.9. The lowest BCUT2D eigenvalue weighted by Crippen LogP contribution is -2.42. The standard InChI is InChI=1S/C61H79N3O7/c1-4-5-7-12-39-19-22-45(55(67)32-39)15-10-11-16-46-23-24-48(52-31-42(29-41-26-28-63-57(62)33-41)37-61(52,71)27-25-54(66)58(46)60(69)70)53-36-49(44-13-8-6-9-14-44)59(64-53)51-34-47(65)35-56(68)50(51)30-40-17-20-43(21-18-40)38(2)3/h6,8-9,13-14,17-22,26,28,33-36,38-39,42,45-46,48,52,54-55,58,64-68,71H,4-5,7,10-12,15-16,23-25,27,29-32,37H2,1-3H3,(H2,62,63)(H,69,70)/p-1. The predicted molar refractivity (Wildman–Crippen MR) is 281 cm³/mol. The van der Waals surface area contributed by atoms with Gasteiger partial charge in [-0.1, -0.05) is 120 Å². The minimum absolute atomic E-state index is 0.0827. The summed E-state index contributed by atoms with van der Waals surface area (Å²) in [6.45, 7) is 6.52. The lowest BCUT2D eigenvalue weighted by molar-refractivity contribution is -0.269. The van der Waals surface area contributed by atoms with Gasteiger partial charge < -0.3 is 41.4 Å². The number of rotatable bonds is 18. The van der Waals surface area contributed by atoms with Gasteiger partial charge in [-0.2, -0.15) is 0 Å². The van der Waals surface area contributed by atoms with E-state index in [0.717, 1.165) is 60.1 Å². The van der Waals surface area contributed by atoms with Crippen molar-refractivity contribution >= 4 is 11.8 Å². The van der Waals surface area contributed by atoms with Crippen molar-refractivity contribution in [2.45, 2.75) is 160 Å². The second kappa shape index (κ2) is 23.4. The van der Waals surface area contributed by atoms with E-state index in [2.05, 4.69) is 73.2 Å². The Bertz CT molecular complexity index is 2550. The number of fused-ring (bicyclic) bond motifs is 1. The molecule has 3 aliphatic carbocycles. The highest BCUT2D eigenvalue weighted by Gasteiger charge is 2.51. The third-order valence-electron chi connectivity index (χ3n) is 16.7. The summed E-state index contributed by atoms with van der Waals surface area (Å²) in [5.41, 5.74) is 12.7. The third-order valence-corrected chi connectivity index (χ3v) is 16.7. The number of carboxylic acids is 1. The molecule has 8 rings (SSSR count). The number of nitrogens with zero attached hydrogens (tertiary/aromatic N) is 1. The number of H-pyrrole nitrogens is 1. The number of anilines is 1. The molecule has 3 aliphatic rings. The van der Waals surface area contributed by atoms with Crippen molar-refractivity contribution < 1.29 is 35.4 Å². The molecule has 0 radical (unpaired) electrons. The van der Waals surface area contributed by atoms with E-state index in [1.165, 1.54) is 30.9 Å². The summed E-state index contributed by atoms with van der Waals surface area (Å²) in [6, 6.07) is 27.4. The summed E-state index contributed by atoms with van der Waals surface area (Å²) in [6.07, 6.45) is 17.0. The minimum atomic E-state index is -1.22. The van der Waals surface area contributed by atoms with Crippen LogP contribution in [-0.2, 0) is 17.6 Å². The molecule has 10 heteroatoms. The number of aromatic nitrogens is 2. The van der Waals surface area contributed by atoms with Crippen LogP contribution in [0.5, 0.6) is 11.5 Å². The largest absolute Gasteiger partial charge is 0.872 e. The Morgan fingerprint density at radius 2 is 1.62 bits per heavy atom. The lowest BCUT2D eigenvalue weighted by Gasteiger charge is -2.40. The van der Waals surface area contributed by atoms with Crippen molar-refractivity contribution in [2.75, 3.05) is 5.73 Å². The van der Waals surface area contributed by atoms with E-state index >= 15 is 0 Å². The van der Waals surface area contributed by atoms with Gasteiger partial charge in [-0.3, -0.25) is 4.79 Å². The molecule has 380 valence electrons. The van der Waals surface area contributed by atoms with Crippen LogP contribution in [-0.4, -0.2) is 59.3 Å².